The normalized spacial score (nSPS) is 14.0. The molecular formula is C14H22N2O2. The molecule has 0 aromatic heterocycles. The first kappa shape index (κ1) is 14.7. The molecule has 0 heterocycles. The predicted molar refractivity (Wildman–Crippen MR) is 73.5 cm³/mol. The van der Waals surface area contributed by atoms with Crippen LogP contribution in [0.15, 0.2) is 24.3 Å². The van der Waals surface area contributed by atoms with Crippen LogP contribution in [0.2, 0.25) is 0 Å². The average Bonchev–Trinajstić information content (AvgIpc) is 2.37. The predicted octanol–water partition coefficient (Wildman–Crippen LogP) is 1.54. The highest BCUT2D eigenvalue weighted by Crippen LogP contribution is 2.12. The molecule has 0 bridgehead atoms. The molecule has 0 saturated heterocycles. The van der Waals surface area contributed by atoms with Crippen molar-refractivity contribution in [2.75, 3.05) is 18.5 Å². The van der Waals surface area contributed by atoms with Gasteiger partial charge >= 0.3 is 0 Å². The van der Waals surface area contributed by atoms with E-state index in [1.807, 2.05) is 45.0 Å². The van der Waals surface area contributed by atoms with Gasteiger partial charge in [-0.3, -0.25) is 4.79 Å². The molecule has 0 spiro atoms. The summed E-state index contributed by atoms with van der Waals surface area (Å²) >= 11 is 0. The molecule has 0 saturated carbocycles. The van der Waals surface area contributed by atoms with Crippen LogP contribution < -0.4 is 10.6 Å². The van der Waals surface area contributed by atoms with Crippen LogP contribution in [0.4, 0.5) is 5.69 Å². The molecule has 0 aliphatic carbocycles. The second-order valence-corrected chi connectivity index (χ2v) is 4.69. The molecule has 1 amide bonds. The molecule has 1 aromatic rings. The zero-order chi connectivity index (χ0) is 13.5. The van der Waals surface area contributed by atoms with Gasteiger partial charge in [-0.2, -0.15) is 0 Å². The van der Waals surface area contributed by atoms with Gasteiger partial charge in [-0.05, 0) is 31.4 Å². The molecule has 1 aromatic carbocycles. The van der Waals surface area contributed by atoms with Crippen molar-refractivity contribution in [1.82, 2.24) is 5.32 Å². The summed E-state index contributed by atoms with van der Waals surface area (Å²) in [5, 5.41) is 15.0. The smallest absolute Gasteiger partial charge is 0.238 e. The third kappa shape index (κ3) is 4.47. The van der Waals surface area contributed by atoms with Crippen molar-refractivity contribution in [2.45, 2.75) is 26.8 Å². The minimum absolute atomic E-state index is 0.0683. The molecule has 2 unspecified atom stereocenters. The van der Waals surface area contributed by atoms with E-state index >= 15 is 0 Å². The zero-order valence-corrected chi connectivity index (χ0v) is 11.2. The number of aryl methyl sites for hydroxylation is 1. The van der Waals surface area contributed by atoms with Crippen molar-refractivity contribution < 1.29 is 9.90 Å². The van der Waals surface area contributed by atoms with E-state index in [4.69, 9.17) is 5.11 Å². The Morgan fingerprint density at radius 3 is 2.61 bits per heavy atom. The quantitative estimate of drug-likeness (QED) is 0.717. The molecular weight excluding hydrogens is 228 g/mol. The van der Waals surface area contributed by atoms with Crippen molar-refractivity contribution in [3.8, 4) is 0 Å². The van der Waals surface area contributed by atoms with Gasteiger partial charge < -0.3 is 15.7 Å². The molecule has 18 heavy (non-hydrogen) atoms. The minimum atomic E-state index is -0.0683. The second kappa shape index (κ2) is 7.13. The Hall–Kier alpha value is -1.39. The lowest BCUT2D eigenvalue weighted by Crippen LogP contribution is -2.39. The van der Waals surface area contributed by atoms with E-state index in [0.717, 1.165) is 11.3 Å². The van der Waals surface area contributed by atoms with Crippen molar-refractivity contribution >= 4 is 11.6 Å². The van der Waals surface area contributed by atoms with Gasteiger partial charge in [0, 0.05) is 18.3 Å². The largest absolute Gasteiger partial charge is 0.396 e. The van der Waals surface area contributed by atoms with Crippen LogP contribution in [0.5, 0.6) is 0 Å². The maximum absolute atomic E-state index is 11.7. The molecule has 4 heteroatoms. The highest BCUT2D eigenvalue weighted by Gasteiger charge is 2.12. The van der Waals surface area contributed by atoms with E-state index in [1.165, 1.54) is 0 Å². The lowest BCUT2D eigenvalue weighted by Gasteiger charge is -2.19. The van der Waals surface area contributed by atoms with Crippen LogP contribution in [0.1, 0.15) is 19.4 Å². The second-order valence-electron chi connectivity index (χ2n) is 4.69. The van der Waals surface area contributed by atoms with Gasteiger partial charge in [0.2, 0.25) is 5.91 Å². The van der Waals surface area contributed by atoms with Gasteiger partial charge in [0.15, 0.2) is 0 Å². The number of carbonyl (C=O) groups is 1. The molecule has 3 N–H and O–H groups in total. The SMILES string of the molecule is Cc1ccccc1NC(=O)CNC(C)C(C)CO. The Labute approximate surface area is 108 Å². The van der Waals surface area contributed by atoms with Crippen LogP contribution in [0, 0.1) is 12.8 Å². The Bertz CT molecular complexity index is 393. The molecule has 1 rings (SSSR count). The third-order valence-corrected chi connectivity index (χ3v) is 3.15. The van der Waals surface area contributed by atoms with Crippen LogP contribution >= 0.6 is 0 Å². The first-order chi connectivity index (χ1) is 8.54. The number of hydrogen-bond acceptors (Lipinski definition) is 3. The molecule has 2 atom stereocenters. The van der Waals surface area contributed by atoms with Crippen LogP contribution in [-0.4, -0.2) is 30.2 Å². The monoisotopic (exact) mass is 250 g/mol. The fraction of sp³-hybridized carbons (Fsp3) is 0.500. The fourth-order valence-electron chi connectivity index (χ4n) is 1.52. The topological polar surface area (TPSA) is 61.4 Å². The lowest BCUT2D eigenvalue weighted by atomic mass is 10.1. The number of anilines is 1. The first-order valence-electron chi connectivity index (χ1n) is 6.24. The van der Waals surface area contributed by atoms with Crippen molar-refractivity contribution in [1.29, 1.82) is 0 Å². The molecule has 4 nitrogen and oxygen atoms in total. The summed E-state index contributed by atoms with van der Waals surface area (Å²) in [5.74, 6) is 0.0672. The summed E-state index contributed by atoms with van der Waals surface area (Å²) in [6.45, 7) is 6.23. The highest BCUT2D eigenvalue weighted by molar-refractivity contribution is 5.92. The number of amides is 1. The van der Waals surface area contributed by atoms with Gasteiger partial charge in [-0.25, -0.2) is 0 Å². The Kier molecular flexibility index (Phi) is 5.82. The van der Waals surface area contributed by atoms with E-state index < -0.39 is 0 Å². The van der Waals surface area contributed by atoms with E-state index in [-0.39, 0.29) is 31.0 Å². The number of nitrogens with one attached hydrogen (secondary N) is 2. The number of benzene rings is 1. The van der Waals surface area contributed by atoms with E-state index in [2.05, 4.69) is 10.6 Å². The maximum Gasteiger partial charge on any atom is 0.238 e. The van der Waals surface area contributed by atoms with E-state index in [9.17, 15) is 4.79 Å². The number of aliphatic hydroxyl groups excluding tert-OH is 1. The summed E-state index contributed by atoms with van der Waals surface area (Å²) < 4.78 is 0. The van der Waals surface area contributed by atoms with Crippen molar-refractivity contribution in [3.05, 3.63) is 29.8 Å². The summed E-state index contributed by atoms with van der Waals surface area (Å²) in [6.07, 6.45) is 0. The summed E-state index contributed by atoms with van der Waals surface area (Å²) in [4.78, 5) is 11.7. The first-order valence-corrected chi connectivity index (χ1v) is 6.24. The number of hydrogen-bond donors (Lipinski definition) is 3. The van der Waals surface area contributed by atoms with E-state index in [0.29, 0.717) is 0 Å². The highest BCUT2D eigenvalue weighted by atomic mass is 16.3. The van der Waals surface area contributed by atoms with Gasteiger partial charge in [0.25, 0.3) is 0 Å². The Morgan fingerprint density at radius 2 is 2.00 bits per heavy atom. The van der Waals surface area contributed by atoms with Gasteiger partial charge in [0.1, 0.15) is 0 Å². The fourth-order valence-corrected chi connectivity index (χ4v) is 1.52. The van der Waals surface area contributed by atoms with Crippen LogP contribution in [-0.2, 0) is 4.79 Å². The standard InChI is InChI=1S/C14H22N2O2/c1-10-6-4-5-7-13(10)16-14(18)8-15-12(3)11(2)9-17/h4-7,11-12,15,17H,8-9H2,1-3H3,(H,16,18). The molecule has 0 aliphatic rings. The zero-order valence-electron chi connectivity index (χ0n) is 11.2. The number of aliphatic hydroxyl groups is 1. The summed E-state index contributed by atoms with van der Waals surface area (Å²) in [7, 11) is 0. The van der Waals surface area contributed by atoms with Crippen molar-refractivity contribution in [3.63, 3.8) is 0 Å². The summed E-state index contributed by atoms with van der Waals surface area (Å²) in [5.41, 5.74) is 1.88. The molecule has 100 valence electrons. The van der Waals surface area contributed by atoms with E-state index in [1.54, 1.807) is 0 Å². The van der Waals surface area contributed by atoms with Crippen molar-refractivity contribution in [2.24, 2.45) is 5.92 Å². The average molecular weight is 250 g/mol. The summed E-state index contributed by atoms with van der Waals surface area (Å²) in [6, 6.07) is 7.78. The van der Waals surface area contributed by atoms with Crippen LogP contribution in [0.25, 0.3) is 0 Å². The Balaban J connectivity index is 2.41. The number of para-hydroxylation sites is 1. The van der Waals surface area contributed by atoms with Gasteiger partial charge in [-0.15, -0.1) is 0 Å². The molecule has 0 aliphatic heterocycles. The minimum Gasteiger partial charge on any atom is -0.396 e. The Morgan fingerprint density at radius 1 is 1.33 bits per heavy atom. The van der Waals surface area contributed by atoms with Gasteiger partial charge in [0.05, 0.1) is 6.54 Å². The maximum atomic E-state index is 11.7. The molecule has 0 radical (unpaired) electrons. The number of rotatable bonds is 6. The van der Waals surface area contributed by atoms with Gasteiger partial charge in [-0.1, -0.05) is 25.1 Å². The van der Waals surface area contributed by atoms with Crippen LogP contribution in [0.3, 0.4) is 0 Å². The third-order valence-electron chi connectivity index (χ3n) is 3.15. The molecule has 0 fully saturated rings. The lowest BCUT2D eigenvalue weighted by molar-refractivity contribution is -0.115. The number of carbonyl (C=O) groups excluding carboxylic acids is 1.